The van der Waals surface area contributed by atoms with Crippen molar-refractivity contribution in [2.45, 2.75) is 25.8 Å². The van der Waals surface area contributed by atoms with Crippen molar-refractivity contribution >= 4 is 45.4 Å². The third-order valence-electron chi connectivity index (χ3n) is 5.11. The number of aromatic nitrogens is 3. The number of carbonyl (C=O) groups is 1. The van der Waals surface area contributed by atoms with E-state index in [0.717, 1.165) is 10.4 Å². The zero-order valence-corrected chi connectivity index (χ0v) is 17.4. The Morgan fingerprint density at radius 3 is 2.64 bits per heavy atom. The molecule has 0 aliphatic carbocycles. The minimum absolute atomic E-state index is 0.0636. The van der Waals surface area contributed by atoms with E-state index in [0.29, 0.717) is 46.8 Å². The number of hydrogen-bond donors (Lipinski definition) is 2. The number of thiazole rings is 1. The summed E-state index contributed by atoms with van der Waals surface area (Å²) >= 11 is 13.8. The summed E-state index contributed by atoms with van der Waals surface area (Å²) < 4.78 is 1.45. The molecule has 2 aromatic heterocycles. The maximum absolute atomic E-state index is 11.5. The van der Waals surface area contributed by atoms with Gasteiger partial charge in [-0.1, -0.05) is 40.6 Å². The second-order valence-corrected chi connectivity index (χ2v) is 8.76. The smallest absolute Gasteiger partial charge is 0.230 e. The van der Waals surface area contributed by atoms with E-state index < -0.39 is 0 Å². The number of nitrogens with zero attached hydrogens (tertiary/aromatic N) is 4. The first-order valence-electron chi connectivity index (χ1n) is 8.88. The van der Waals surface area contributed by atoms with Crippen LogP contribution in [0.3, 0.4) is 0 Å². The Kier molecular flexibility index (Phi) is 5.22. The van der Waals surface area contributed by atoms with Gasteiger partial charge < -0.3 is 10.8 Å². The fourth-order valence-electron chi connectivity index (χ4n) is 3.68. The second-order valence-electron chi connectivity index (χ2n) is 6.93. The van der Waals surface area contributed by atoms with E-state index in [-0.39, 0.29) is 23.7 Å². The summed E-state index contributed by atoms with van der Waals surface area (Å²) in [5.41, 5.74) is 6.38. The van der Waals surface area contributed by atoms with Crippen molar-refractivity contribution in [1.82, 2.24) is 19.5 Å². The van der Waals surface area contributed by atoms with Gasteiger partial charge in [-0.15, -0.1) is 5.10 Å². The zero-order valence-electron chi connectivity index (χ0n) is 15.1. The molecule has 1 saturated heterocycles. The number of aryl methyl sites for hydroxylation is 1. The van der Waals surface area contributed by atoms with E-state index in [1.807, 2.05) is 12.1 Å². The fourth-order valence-corrected chi connectivity index (χ4v) is 5.15. The Morgan fingerprint density at radius 2 is 2.04 bits per heavy atom. The van der Waals surface area contributed by atoms with Gasteiger partial charge >= 0.3 is 0 Å². The van der Waals surface area contributed by atoms with Gasteiger partial charge in [0.1, 0.15) is 5.82 Å². The summed E-state index contributed by atoms with van der Waals surface area (Å²) in [5.74, 6) is 0.280. The second kappa shape index (κ2) is 7.51. The maximum atomic E-state index is 11.5. The van der Waals surface area contributed by atoms with Crippen LogP contribution in [0.2, 0.25) is 10.0 Å². The van der Waals surface area contributed by atoms with Gasteiger partial charge in [0.25, 0.3) is 0 Å². The Bertz CT molecular complexity index is 1040. The molecular formula is C18H19Cl2N5O2S. The number of piperidine rings is 1. The van der Waals surface area contributed by atoms with E-state index in [9.17, 15) is 9.90 Å². The lowest BCUT2D eigenvalue weighted by molar-refractivity contribution is -0.123. The Balaban J connectivity index is 1.76. The average Bonchev–Trinajstić information content (AvgIpc) is 3.16. The topological polar surface area (TPSA) is 96.8 Å². The van der Waals surface area contributed by atoms with Crippen molar-refractivity contribution in [3.05, 3.63) is 44.5 Å². The van der Waals surface area contributed by atoms with Crippen molar-refractivity contribution in [3.8, 4) is 5.88 Å². The van der Waals surface area contributed by atoms with Crippen LogP contribution in [-0.4, -0.2) is 43.6 Å². The molecule has 0 radical (unpaired) electrons. The largest absolute Gasteiger partial charge is 0.492 e. The van der Waals surface area contributed by atoms with Crippen LogP contribution < -0.4 is 5.73 Å². The predicted molar refractivity (Wildman–Crippen MR) is 109 cm³/mol. The highest BCUT2D eigenvalue weighted by Gasteiger charge is 2.33. The van der Waals surface area contributed by atoms with Gasteiger partial charge in [-0.2, -0.15) is 4.52 Å². The number of nitrogens with two attached hydrogens (primary N) is 1. The average molecular weight is 440 g/mol. The van der Waals surface area contributed by atoms with Gasteiger partial charge in [0, 0.05) is 5.92 Å². The number of halogens is 2. The molecule has 4 rings (SSSR count). The van der Waals surface area contributed by atoms with Crippen LogP contribution in [0.1, 0.15) is 35.1 Å². The van der Waals surface area contributed by atoms with Gasteiger partial charge in [0.2, 0.25) is 16.7 Å². The minimum atomic E-state index is -0.261. The van der Waals surface area contributed by atoms with Gasteiger partial charge in [0.15, 0.2) is 0 Å². The van der Waals surface area contributed by atoms with Crippen LogP contribution in [0.4, 0.5) is 0 Å². The van der Waals surface area contributed by atoms with Gasteiger partial charge in [-0.05, 0) is 50.6 Å². The van der Waals surface area contributed by atoms with Gasteiger partial charge in [-0.25, -0.2) is 4.98 Å². The lowest BCUT2D eigenvalue weighted by atomic mass is 9.93. The standard InChI is InChI=1S/C18H19Cl2N5O2S/c1-9-22-18-25(23-9)17(27)15(28-18)14(11-2-3-12(19)13(20)8-11)24-6-4-10(5-7-24)16(21)26/h2-3,8,10,14,27H,4-7H2,1H3,(H2,21,26). The van der Waals surface area contributed by atoms with E-state index in [4.69, 9.17) is 28.9 Å². The summed E-state index contributed by atoms with van der Waals surface area (Å²) in [5, 5.41) is 16.0. The van der Waals surface area contributed by atoms with E-state index in [2.05, 4.69) is 15.0 Å². The molecule has 7 nitrogen and oxygen atoms in total. The van der Waals surface area contributed by atoms with Crippen molar-refractivity contribution < 1.29 is 9.90 Å². The van der Waals surface area contributed by atoms with Crippen LogP contribution >= 0.6 is 34.5 Å². The number of benzene rings is 1. The summed E-state index contributed by atoms with van der Waals surface area (Å²) in [6, 6.07) is 5.22. The van der Waals surface area contributed by atoms with E-state index in [1.165, 1.54) is 15.9 Å². The van der Waals surface area contributed by atoms with Crippen LogP contribution in [0.15, 0.2) is 18.2 Å². The molecule has 0 saturated carbocycles. The highest BCUT2D eigenvalue weighted by atomic mass is 35.5. The molecule has 0 bridgehead atoms. The predicted octanol–water partition coefficient (Wildman–Crippen LogP) is 3.40. The number of aromatic hydroxyl groups is 1. The molecule has 3 N–H and O–H groups in total. The van der Waals surface area contributed by atoms with E-state index >= 15 is 0 Å². The summed E-state index contributed by atoms with van der Waals surface area (Å²) in [7, 11) is 0. The molecule has 3 heterocycles. The molecule has 1 aromatic carbocycles. The minimum Gasteiger partial charge on any atom is -0.492 e. The third kappa shape index (κ3) is 3.45. The zero-order chi connectivity index (χ0) is 20.0. The molecule has 3 aromatic rings. The van der Waals surface area contributed by atoms with Crippen molar-refractivity contribution in [1.29, 1.82) is 0 Å². The van der Waals surface area contributed by atoms with Crippen LogP contribution in [0.25, 0.3) is 4.96 Å². The van der Waals surface area contributed by atoms with E-state index in [1.54, 1.807) is 13.0 Å². The molecule has 148 valence electrons. The highest BCUT2D eigenvalue weighted by molar-refractivity contribution is 7.17. The third-order valence-corrected chi connectivity index (χ3v) is 6.92. The van der Waals surface area contributed by atoms with Crippen LogP contribution in [0, 0.1) is 12.8 Å². The lowest BCUT2D eigenvalue weighted by Crippen LogP contribution is -2.40. The number of amides is 1. The van der Waals surface area contributed by atoms with Crippen LogP contribution in [-0.2, 0) is 4.79 Å². The Morgan fingerprint density at radius 1 is 1.32 bits per heavy atom. The van der Waals surface area contributed by atoms with Crippen molar-refractivity contribution in [3.63, 3.8) is 0 Å². The Labute approximate surface area is 175 Å². The number of likely N-dealkylation sites (tertiary alicyclic amines) is 1. The quantitative estimate of drug-likeness (QED) is 0.648. The molecule has 1 unspecified atom stereocenters. The maximum Gasteiger partial charge on any atom is 0.230 e. The van der Waals surface area contributed by atoms with Gasteiger partial charge in [-0.3, -0.25) is 9.69 Å². The SMILES string of the molecule is Cc1nc2sc(C(c3ccc(Cl)c(Cl)c3)N3CCC(C(N)=O)CC3)c(O)n2n1. The normalized spacial score (nSPS) is 17.2. The summed E-state index contributed by atoms with van der Waals surface area (Å²) in [6.07, 6.45) is 1.35. The molecule has 28 heavy (non-hydrogen) atoms. The molecule has 1 aliphatic rings. The first-order valence-corrected chi connectivity index (χ1v) is 10.5. The number of rotatable bonds is 4. The first-order chi connectivity index (χ1) is 13.3. The van der Waals surface area contributed by atoms with Crippen molar-refractivity contribution in [2.75, 3.05) is 13.1 Å². The molecule has 1 fully saturated rings. The van der Waals surface area contributed by atoms with Gasteiger partial charge in [0.05, 0.1) is 21.0 Å². The number of fused-ring (bicyclic) bond motifs is 1. The Hall–Kier alpha value is -1.87. The molecule has 0 spiro atoms. The molecule has 1 aliphatic heterocycles. The van der Waals surface area contributed by atoms with Crippen molar-refractivity contribution in [2.24, 2.45) is 11.7 Å². The fraction of sp³-hybridized carbons (Fsp3) is 0.389. The molecule has 10 heteroatoms. The summed E-state index contributed by atoms with van der Waals surface area (Å²) in [4.78, 5) is 19.5. The lowest BCUT2D eigenvalue weighted by Gasteiger charge is -2.36. The summed E-state index contributed by atoms with van der Waals surface area (Å²) in [6.45, 7) is 3.12. The first kappa shape index (κ1) is 19.4. The monoisotopic (exact) mass is 439 g/mol. The number of primary amides is 1. The number of hydrogen-bond acceptors (Lipinski definition) is 6. The molecule has 1 atom stereocenters. The number of carbonyl (C=O) groups excluding carboxylic acids is 1. The van der Waals surface area contributed by atoms with Crippen LogP contribution in [0.5, 0.6) is 5.88 Å². The highest BCUT2D eigenvalue weighted by Crippen LogP contribution is 2.42. The molecular weight excluding hydrogens is 421 g/mol. The molecule has 1 amide bonds.